The van der Waals surface area contributed by atoms with Gasteiger partial charge in [0, 0.05) is 5.92 Å². The monoisotopic (exact) mass is 456 g/mol. The normalized spacial score (nSPS) is 12.9. The zero-order valence-electron chi connectivity index (χ0n) is 19.5. The van der Waals surface area contributed by atoms with Crippen LogP contribution in [0.25, 0.3) is 0 Å². The van der Waals surface area contributed by atoms with Gasteiger partial charge in [0.2, 0.25) is 10.4 Å². The summed E-state index contributed by atoms with van der Waals surface area (Å²) in [5.41, 5.74) is 0. The Kier molecular flexibility index (Phi) is 26.7. The molecule has 0 aliphatic rings. The van der Waals surface area contributed by atoms with Crippen LogP contribution in [-0.2, 0) is 14.6 Å². The van der Waals surface area contributed by atoms with Gasteiger partial charge in [-0.25, -0.2) is 8.42 Å². The Morgan fingerprint density at radius 2 is 1.21 bits per heavy atom. The van der Waals surface area contributed by atoms with Crippen LogP contribution in [0, 0.1) is 5.92 Å². The fourth-order valence-electron chi connectivity index (χ4n) is 3.45. The van der Waals surface area contributed by atoms with Gasteiger partial charge < -0.3 is 4.55 Å². The molecular weight excluding hydrogens is 411 g/mol. The molecule has 0 aromatic heterocycles. The molecule has 1 unspecified atom stereocenters. The average Bonchev–Trinajstić information content (AvgIpc) is 2.65. The molecule has 6 heteroatoms. The Morgan fingerprint density at radius 3 is 1.69 bits per heavy atom. The summed E-state index contributed by atoms with van der Waals surface area (Å²) in [6.45, 7) is 4.42. The largest absolute Gasteiger partial charge is 1.00 e. The van der Waals surface area contributed by atoms with Crippen molar-refractivity contribution in [2.45, 2.75) is 123 Å². The first-order valence-corrected chi connectivity index (χ1v) is 13.1. The van der Waals surface area contributed by atoms with E-state index in [-0.39, 0.29) is 63.9 Å². The molecule has 0 bridgehead atoms. The summed E-state index contributed by atoms with van der Waals surface area (Å²) in [6, 6.07) is 0. The Hall–Kier alpha value is 1.25. The fourth-order valence-corrected chi connectivity index (χ4v) is 3.80. The van der Waals surface area contributed by atoms with Crippen molar-refractivity contribution >= 4 is 10.4 Å². The maximum absolute atomic E-state index is 10.7. The molecule has 0 saturated carbocycles. The van der Waals surface area contributed by atoms with Crippen molar-refractivity contribution < 1.29 is 68.5 Å². The second kappa shape index (κ2) is 23.9. The van der Waals surface area contributed by atoms with Gasteiger partial charge in [-0.2, -0.15) is 0 Å². The topological polar surface area (TPSA) is 66.4 Å². The van der Waals surface area contributed by atoms with E-state index in [1.807, 2.05) is 0 Å². The summed E-state index contributed by atoms with van der Waals surface area (Å²) in [5, 5.41) is 0. The van der Waals surface area contributed by atoms with Crippen LogP contribution in [0.15, 0.2) is 12.2 Å². The van der Waals surface area contributed by atoms with Crippen molar-refractivity contribution in [2.24, 2.45) is 5.92 Å². The summed E-state index contributed by atoms with van der Waals surface area (Å²) in [7, 11) is -4.60. The number of allylic oxidation sites excluding steroid dienone is 1. The van der Waals surface area contributed by atoms with E-state index in [1.165, 1.54) is 83.5 Å². The second-order valence-electron chi connectivity index (χ2n) is 8.05. The number of unbranched alkanes of at least 4 members (excludes halogenated alkanes) is 14. The molecule has 0 N–H and O–H groups in total. The predicted octanol–water partition coefficient (Wildman–Crippen LogP) is 4.31. The maximum Gasteiger partial charge on any atom is 1.00 e. The summed E-state index contributed by atoms with van der Waals surface area (Å²) in [6.07, 6.45) is 25.2. The Balaban J connectivity index is 0. The molecule has 0 saturated heterocycles. The van der Waals surface area contributed by atoms with Crippen LogP contribution in [0.3, 0.4) is 0 Å². The molecule has 0 heterocycles. The summed E-state index contributed by atoms with van der Waals surface area (Å²) in [4.78, 5) is 0. The van der Waals surface area contributed by atoms with Gasteiger partial charge in [-0.05, 0) is 19.3 Å². The van der Waals surface area contributed by atoms with Crippen molar-refractivity contribution in [2.75, 3.05) is 6.61 Å². The standard InChI is InChI=1S/C23H46O4S.K/c1-3-5-7-9-10-11-12-13-14-15-17-19-21-23(22-27-28(24,25)26)20-18-16-8-6-4-2;/h19,21,23H,3-18,20,22H2,1-2H3,(H,24,25,26);/q;+1/p-1/b21-19+;. The Bertz CT molecular complexity index is 452. The minimum atomic E-state index is -4.60. The van der Waals surface area contributed by atoms with E-state index < -0.39 is 10.4 Å². The van der Waals surface area contributed by atoms with Crippen LogP contribution in [0.2, 0.25) is 0 Å². The number of rotatable bonds is 21. The Morgan fingerprint density at radius 1 is 0.759 bits per heavy atom. The molecule has 0 aliphatic carbocycles. The van der Waals surface area contributed by atoms with E-state index in [0.717, 1.165) is 25.7 Å². The molecule has 168 valence electrons. The summed E-state index contributed by atoms with van der Waals surface area (Å²) >= 11 is 0. The van der Waals surface area contributed by atoms with E-state index in [9.17, 15) is 13.0 Å². The van der Waals surface area contributed by atoms with Gasteiger partial charge in [0.05, 0.1) is 6.61 Å². The van der Waals surface area contributed by atoms with Crippen molar-refractivity contribution in [1.82, 2.24) is 0 Å². The van der Waals surface area contributed by atoms with Crippen molar-refractivity contribution in [3.05, 3.63) is 12.2 Å². The minimum Gasteiger partial charge on any atom is -0.726 e. The third-order valence-electron chi connectivity index (χ3n) is 5.24. The summed E-state index contributed by atoms with van der Waals surface area (Å²) in [5.74, 6) is 0.0217. The van der Waals surface area contributed by atoms with Crippen LogP contribution in [-0.4, -0.2) is 19.6 Å². The van der Waals surface area contributed by atoms with Crippen LogP contribution in [0.1, 0.15) is 123 Å². The van der Waals surface area contributed by atoms with Crippen LogP contribution >= 0.6 is 0 Å². The molecule has 0 spiro atoms. The quantitative estimate of drug-likeness (QED) is 0.0848. The van der Waals surface area contributed by atoms with Gasteiger partial charge in [-0.3, -0.25) is 4.18 Å². The third kappa shape index (κ3) is 27.2. The fraction of sp³-hybridized carbons (Fsp3) is 0.913. The molecular formula is C23H45KO4S. The van der Waals surface area contributed by atoms with Gasteiger partial charge in [-0.15, -0.1) is 0 Å². The van der Waals surface area contributed by atoms with Crippen molar-refractivity contribution in [3.63, 3.8) is 0 Å². The number of hydrogen-bond donors (Lipinski definition) is 0. The first kappa shape index (κ1) is 32.4. The predicted molar refractivity (Wildman–Crippen MR) is 118 cm³/mol. The van der Waals surface area contributed by atoms with E-state index in [0.29, 0.717) is 0 Å². The molecule has 4 nitrogen and oxygen atoms in total. The van der Waals surface area contributed by atoms with Gasteiger partial charge in [0.1, 0.15) is 0 Å². The molecule has 1 atom stereocenters. The average molecular weight is 457 g/mol. The van der Waals surface area contributed by atoms with Gasteiger partial charge in [0.15, 0.2) is 0 Å². The SMILES string of the molecule is CCCCCCCCCCCC/C=C/C(CCCCCCC)COS(=O)(=O)[O-].[K+]. The molecule has 0 radical (unpaired) electrons. The zero-order chi connectivity index (χ0) is 20.9. The smallest absolute Gasteiger partial charge is 0.726 e. The van der Waals surface area contributed by atoms with Gasteiger partial charge >= 0.3 is 51.4 Å². The van der Waals surface area contributed by atoms with Gasteiger partial charge in [-0.1, -0.05) is 116 Å². The van der Waals surface area contributed by atoms with E-state index >= 15 is 0 Å². The Labute approximate surface area is 224 Å². The van der Waals surface area contributed by atoms with Crippen LogP contribution in [0.5, 0.6) is 0 Å². The van der Waals surface area contributed by atoms with Gasteiger partial charge in [0.25, 0.3) is 0 Å². The van der Waals surface area contributed by atoms with Crippen LogP contribution in [0.4, 0.5) is 0 Å². The molecule has 0 fully saturated rings. The summed E-state index contributed by atoms with van der Waals surface area (Å²) < 4.78 is 36.7. The zero-order valence-corrected chi connectivity index (χ0v) is 23.4. The maximum atomic E-state index is 10.7. The molecule has 0 aromatic rings. The minimum absolute atomic E-state index is 0. The molecule has 0 rings (SSSR count). The van der Waals surface area contributed by atoms with Crippen LogP contribution < -0.4 is 51.4 Å². The first-order chi connectivity index (χ1) is 13.5. The molecule has 0 aliphatic heterocycles. The van der Waals surface area contributed by atoms with Crippen molar-refractivity contribution in [3.8, 4) is 0 Å². The van der Waals surface area contributed by atoms with E-state index in [4.69, 9.17) is 0 Å². The number of hydrogen-bond acceptors (Lipinski definition) is 4. The molecule has 0 amide bonds. The van der Waals surface area contributed by atoms with E-state index in [2.05, 4.69) is 30.2 Å². The third-order valence-corrected chi connectivity index (χ3v) is 5.66. The van der Waals surface area contributed by atoms with E-state index in [1.54, 1.807) is 0 Å². The first-order valence-electron chi connectivity index (χ1n) is 11.8. The molecule has 29 heavy (non-hydrogen) atoms. The second-order valence-corrected chi connectivity index (χ2v) is 9.11. The van der Waals surface area contributed by atoms with Crippen molar-refractivity contribution in [1.29, 1.82) is 0 Å². The molecule has 0 aromatic carbocycles.